The third-order valence-electron chi connectivity index (χ3n) is 3.97. The fourth-order valence-corrected chi connectivity index (χ4v) is 2.41. The number of hydrogen-bond acceptors (Lipinski definition) is 3. The Hall–Kier alpha value is -1.06. The van der Waals surface area contributed by atoms with E-state index in [0.29, 0.717) is 19.2 Å². The van der Waals surface area contributed by atoms with Gasteiger partial charge in [-0.1, -0.05) is 18.6 Å². The van der Waals surface area contributed by atoms with Crippen LogP contribution in [0.5, 0.6) is 5.75 Å². The predicted molar refractivity (Wildman–Crippen MR) is 77.7 cm³/mol. The number of aryl methyl sites for hydroxylation is 2. The Morgan fingerprint density at radius 3 is 2.74 bits per heavy atom. The van der Waals surface area contributed by atoms with Crippen LogP contribution >= 0.6 is 0 Å². The maximum Gasteiger partial charge on any atom is 0.122 e. The summed E-state index contributed by atoms with van der Waals surface area (Å²) in [7, 11) is 2.09. The van der Waals surface area contributed by atoms with E-state index in [1.165, 1.54) is 24.8 Å². The molecule has 1 saturated carbocycles. The van der Waals surface area contributed by atoms with Crippen LogP contribution in [-0.4, -0.2) is 42.4 Å². The van der Waals surface area contributed by atoms with Crippen LogP contribution in [0.25, 0.3) is 0 Å². The van der Waals surface area contributed by atoms with Crippen molar-refractivity contribution in [1.82, 2.24) is 4.90 Å². The highest BCUT2D eigenvalue weighted by Crippen LogP contribution is 2.24. The van der Waals surface area contributed by atoms with Crippen molar-refractivity contribution in [1.29, 1.82) is 0 Å². The summed E-state index contributed by atoms with van der Waals surface area (Å²) in [5, 5.41) is 10.0. The lowest BCUT2D eigenvalue weighted by Crippen LogP contribution is -2.42. The molecule has 1 aromatic carbocycles. The number of hydrogen-bond donors (Lipinski definition) is 1. The number of aliphatic hydroxyl groups excluding tert-OH is 1. The summed E-state index contributed by atoms with van der Waals surface area (Å²) >= 11 is 0. The number of rotatable bonds is 6. The normalized spacial score (nSPS) is 17.3. The predicted octanol–water partition coefficient (Wildman–Crippen LogP) is 2.53. The molecule has 0 bridgehead atoms. The molecule has 3 nitrogen and oxygen atoms in total. The molecule has 0 heterocycles. The lowest BCUT2D eigenvalue weighted by Gasteiger charge is -2.35. The van der Waals surface area contributed by atoms with Crippen LogP contribution in [0.3, 0.4) is 0 Å². The topological polar surface area (TPSA) is 32.7 Å². The molecule has 1 N–H and O–H groups in total. The van der Waals surface area contributed by atoms with E-state index >= 15 is 0 Å². The molecule has 19 heavy (non-hydrogen) atoms. The molecule has 0 saturated heterocycles. The van der Waals surface area contributed by atoms with Crippen molar-refractivity contribution in [2.75, 3.05) is 20.2 Å². The Morgan fingerprint density at radius 2 is 2.11 bits per heavy atom. The number of ether oxygens (including phenoxy) is 1. The summed E-state index contributed by atoms with van der Waals surface area (Å²) in [6.45, 7) is 5.13. The number of likely N-dealkylation sites (N-methyl/N-ethyl adjacent to an activating group) is 1. The van der Waals surface area contributed by atoms with Crippen LogP contribution in [0.1, 0.15) is 30.4 Å². The monoisotopic (exact) mass is 263 g/mol. The minimum atomic E-state index is -0.425. The molecule has 0 aliphatic heterocycles. The number of benzene rings is 1. The van der Waals surface area contributed by atoms with Gasteiger partial charge in [0.2, 0.25) is 0 Å². The van der Waals surface area contributed by atoms with Crippen molar-refractivity contribution in [3.8, 4) is 5.75 Å². The van der Waals surface area contributed by atoms with Crippen LogP contribution in [0.4, 0.5) is 0 Å². The highest BCUT2D eigenvalue weighted by atomic mass is 16.5. The molecule has 1 aliphatic rings. The van der Waals surface area contributed by atoms with Gasteiger partial charge in [0, 0.05) is 12.6 Å². The Balaban J connectivity index is 1.79. The zero-order valence-electron chi connectivity index (χ0n) is 12.2. The molecule has 1 fully saturated rings. The van der Waals surface area contributed by atoms with E-state index < -0.39 is 6.10 Å². The van der Waals surface area contributed by atoms with Gasteiger partial charge in [-0.25, -0.2) is 0 Å². The van der Waals surface area contributed by atoms with Crippen molar-refractivity contribution >= 4 is 0 Å². The third-order valence-corrected chi connectivity index (χ3v) is 3.97. The molecule has 0 radical (unpaired) electrons. The standard InChI is InChI=1S/C16H25NO2/c1-12-7-8-13(2)16(9-12)19-11-15(18)10-17(3)14-5-4-6-14/h7-9,14-15,18H,4-6,10-11H2,1-3H3. The maximum absolute atomic E-state index is 10.0. The molecule has 2 rings (SSSR count). The highest BCUT2D eigenvalue weighted by molar-refractivity contribution is 5.35. The SMILES string of the molecule is Cc1ccc(C)c(OCC(O)CN(C)C2CCC2)c1. The van der Waals surface area contributed by atoms with Crippen LogP contribution in [0, 0.1) is 13.8 Å². The Kier molecular flexibility index (Phi) is 4.83. The fourth-order valence-electron chi connectivity index (χ4n) is 2.41. The van der Waals surface area contributed by atoms with Gasteiger partial charge in [-0.2, -0.15) is 0 Å². The van der Waals surface area contributed by atoms with Crippen molar-refractivity contribution in [3.63, 3.8) is 0 Å². The quantitative estimate of drug-likeness (QED) is 0.856. The molecule has 3 heteroatoms. The fraction of sp³-hybridized carbons (Fsp3) is 0.625. The van der Waals surface area contributed by atoms with E-state index in [9.17, 15) is 5.11 Å². The summed E-state index contributed by atoms with van der Waals surface area (Å²) in [5.74, 6) is 0.880. The van der Waals surface area contributed by atoms with Gasteiger partial charge in [0.25, 0.3) is 0 Å². The van der Waals surface area contributed by atoms with Crippen LogP contribution in [0.15, 0.2) is 18.2 Å². The van der Waals surface area contributed by atoms with Gasteiger partial charge in [-0.3, -0.25) is 0 Å². The second-order valence-corrected chi connectivity index (χ2v) is 5.76. The van der Waals surface area contributed by atoms with Gasteiger partial charge in [-0.15, -0.1) is 0 Å². The second kappa shape index (κ2) is 6.40. The first kappa shape index (κ1) is 14.4. The van der Waals surface area contributed by atoms with Crippen LogP contribution in [0.2, 0.25) is 0 Å². The Morgan fingerprint density at radius 1 is 1.37 bits per heavy atom. The third kappa shape index (κ3) is 3.95. The summed E-state index contributed by atoms with van der Waals surface area (Å²) in [6, 6.07) is 6.81. The molecular weight excluding hydrogens is 238 g/mol. The van der Waals surface area contributed by atoms with E-state index in [1.807, 2.05) is 19.9 Å². The Bertz CT molecular complexity index is 415. The van der Waals surface area contributed by atoms with E-state index in [4.69, 9.17) is 4.74 Å². The zero-order valence-corrected chi connectivity index (χ0v) is 12.2. The van der Waals surface area contributed by atoms with Gasteiger partial charge in [0.15, 0.2) is 0 Å². The second-order valence-electron chi connectivity index (χ2n) is 5.76. The van der Waals surface area contributed by atoms with Crippen molar-refractivity contribution < 1.29 is 9.84 Å². The van der Waals surface area contributed by atoms with Crippen molar-refractivity contribution in [2.45, 2.75) is 45.3 Å². The molecular formula is C16H25NO2. The minimum Gasteiger partial charge on any atom is -0.491 e. The first-order valence-electron chi connectivity index (χ1n) is 7.14. The molecule has 1 aromatic rings. The average molecular weight is 263 g/mol. The summed E-state index contributed by atoms with van der Waals surface area (Å²) < 4.78 is 5.74. The number of nitrogens with zero attached hydrogens (tertiary/aromatic N) is 1. The maximum atomic E-state index is 10.0. The lowest BCUT2D eigenvalue weighted by molar-refractivity contribution is 0.0474. The van der Waals surface area contributed by atoms with Crippen LogP contribution in [-0.2, 0) is 0 Å². The van der Waals surface area contributed by atoms with E-state index in [-0.39, 0.29) is 0 Å². The number of aliphatic hydroxyl groups is 1. The van der Waals surface area contributed by atoms with Crippen molar-refractivity contribution in [3.05, 3.63) is 29.3 Å². The van der Waals surface area contributed by atoms with Gasteiger partial charge in [0.1, 0.15) is 18.5 Å². The first-order valence-corrected chi connectivity index (χ1v) is 7.14. The largest absolute Gasteiger partial charge is 0.491 e. The molecule has 0 spiro atoms. The molecule has 1 atom stereocenters. The first-order chi connectivity index (χ1) is 9.06. The van der Waals surface area contributed by atoms with Gasteiger partial charge in [0.05, 0.1) is 0 Å². The van der Waals surface area contributed by atoms with Gasteiger partial charge in [-0.05, 0) is 50.9 Å². The zero-order chi connectivity index (χ0) is 13.8. The summed E-state index contributed by atoms with van der Waals surface area (Å²) in [4.78, 5) is 2.25. The average Bonchev–Trinajstić information content (AvgIpc) is 2.28. The van der Waals surface area contributed by atoms with Gasteiger partial charge < -0.3 is 14.7 Å². The smallest absolute Gasteiger partial charge is 0.122 e. The van der Waals surface area contributed by atoms with E-state index in [0.717, 1.165) is 11.3 Å². The molecule has 1 aliphatic carbocycles. The summed E-state index contributed by atoms with van der Waals surface area (Å²) in [5.41, 5.74) is 2.30. The van der Waals surface area contributed by atoms with Crippen LogP contribution < -0.4 is 4.74 Å². The van der Waals surface area contributed by atoms with Gasteiger partial charge >= 0.3 is 0 Å². The molecule has 0 aromatic heterocycles. The lowest BCUT2D eigenvalue weighted by atomic mass is 9.92. The van der Waals surface area contributed by atoms with E-state index in [2.05, 4.69) is 24.1 Å². The highest BCUT2D eigenvalue weighted by Gasteiger charge is 2.23. The molecule has 106 valence electrons. The molecule has 1 unspecified atom stereocenters. The van der Waals surface area contributed by atoms with Crippen molar-refractivity contribution in [2.24, 2.45) is 0 Å². The summed E-state index contributed by atoms with van der Waals surface area (Å²) in [6.07, 6.45) is 3.43. The van der Waals surface area contributed by atoms with E-state index in [1.54, 1.807) is 0 Å². The minimum absolute atomic E-state index is 0.362. The Labute approximate surface area is 116 Å². The molecule has 0 amide bonds.